The molecule has 2 aliphatic heterocycles. The van der Waals surface area contributed by atoms with Gasteiger partial charge in [-0.25, -0.2) is 9.97 Å². The van der Waals surface area contributed by atoms with Crippen LogP contribution in [0, 0.1) is 70.0 Å². The van der Waals surface area contributed by atoms with Crippen molar-refractivity contribution in [2.45, 2.75) is 223 Å². The molecule has 10 amide bonds. The van der Waals surface area contributed by atoms with Crippen molar-refractivity contribution in [2.75, 3.05) is 26.2 Å². The normalized spacial score (nSPS) is 24.4. The summed E-state index contributed by atoms with van der Waals surface area (Å²) < 4.78 is 0. The van der Waals surface area contributed by atoms with E-state index < -0.39 is 107 Å². The van der Waals surface area contributed by atoms with Crippen LogP contribution in [0.2, 0.25) is 0 Å². The van der Waals surface area contributed by atoms with Crippen molar-refractivity contribution in [3.05, 3.63) is 145 Å². The van der Waals surface area contributed by atoms with Crippen LogP contribution in [0.1, 0.15) is 187 Å². The maximum atomic E-state index is 15.1. The summed E-state index contributed by atoms with van der Waals surface area (Å²) in [5, 5.41) is 34.5. The molecule has 4 aromatic rings. The van der Waals surface area contributed by atoms with Gasteiger partial charge >= 0.3 is 0 Å². The smallest absolute Gasteiger partial charge is 0.289 e. The molecule has 8 aliphatic carbocycles. The van der Waals surface area contributed by atoms with Crippen molar-refractivity contribution in [1.82, 2.24) is 72.3 Å². The first kappa shape index (κ1) is 80.5. The fourth-order valence-electron chi connectivity index (χ4n) is 19.5. The van der Waals surface area contributed by atoms with E-state index in [1.54, 1.807) is 9.80 Å². The van der Waals surface area contributed by atoms with E-state index in [-0.39, 0.29) is 94.5 Å². The number of carbonyl (C=O) groups excluding carboxylic acids is 11. The van der Waals surface area contributed by atoms with Gasteiger partial charge in [0.1, 0.15) is 47.6 Å². The van der Waals surface area contributed by atoms with E-state index in [0.717, 1.165) is 119 Å². The summed E-state index contributed by atoms with van der Waals surface area (Å²) in [7, 11) is 0. The first-order chi connectivity index (χ1) is 53.9. The predicted octanol–water partition coefficient (Wildman–Crippen LogP) is 5.96. The average Bonchev–Trinajstić information content (AvgIpc) is 1.53. The summed E-state index contributed by atoms with van der Waals surface area (Å²) >= 11 is 0. The minimum absolute atomic E-state index is 0.0529. The highest BCUT2D eigenvalue weighted by Crippen LogP contribution is 2.66. The maximum Gasteiger partial charge on any atom is 0.289 e. The number of fused-ring (bicyclic) bond motifs is 4. The van der Waals surface area contributed by atoms with E-state index >= 15 is 9.59 Å². The van der Waals surface area contributed by atoms with Crippen molar-refractivity contribution in [1.29, 1.82) is 0 Å². The molecule has 26 heteroatoms. The Balaban J connectivity index is 0.000000196. The van der Waals surface area contributed by atoms with Crippen molar-refractivity contribution in [3.63, 3.8) is 0 Å². The van der Waals surface area contributed by atoms with E-state index in [9.17, 15) is 48.3 Å². The van der Waals surface area contributed by atoms with Gasteiger partial charge in [0, 0.05) is 51.0 Å². The number of hydrogen-bond acceptors (Lipinski definition) is 16. The second-order valence-electron chi connectivity index (χ2n) is 34.6. The molecular formula is C86H112N14O12. The number of nitrogens with zero attached hydrogens (tertiary/aromatic N) is 6. The number of amides is 10. The monoisotopic (exact) mass is 1530 g/mol. The Morgan fingerprint density at radius 2 is 0.902 bits per heavy atom. The first-order valence-corrected chi connectivity index (χ1v) is 41.0. The number of benzene rings is 2. The number of Topliss-reactive ketones (excluding diaryl/α,β-unsaturated/α-hetero) is 1. The average molecular weight is 1530 g/mol. The number of piperidine rings is 2. The van der Waals surface area contributed by atoms with Gasteiger partial charge in [-0.1, -0.05) is 153 Å². The number of nitrogens with one attached hydrogen (secondary N) is 8. The highest BCUT2D eigenvalue weighted by Gasteiger charge is 2.71. The van der Waals surface area contributed by atoms with Gasteiger partial charge in [0.05, 0.1) is 24.5 Å². The van der Waals surface area contributed by atoms with Gasteiger partial charge in [0.15, 0.2) is 6.10 Å². The zero-order valence-corrected chi connectivity index (χ0v) is 65.1. The molecule has 2 aromatic carbocycles. The van der Waals surface area contributed by atoms with Crippen LogP contribution in [0.3, 0.4) is 0 Å². The van der Waals surface area contributed by atoms with Crippen molar-refractivity contribution < 1.29 is 57.8 Å². The molecular weight excluding hydrogens is 1420 g/mol. The van der Waals surface area contributed by atoms with Gasteiger partial charge in [-0.15, -0.1) is 13.2 Å². The molecule has 0 bridgehead atoms. The van der Waals surface area contributed by atoms with Crippen LogP contribution in [0.4, 0.5) is 0 Å². The lowest BCUT2D eigenvalue weighted by Gasteiger charge is -2.37. The summed E-state index contributed by atoms with van der Waals surface area (Å²) in [6, 6.07) is 8.71. The Bertz CT molecular complexity index is 4110. The number of ketones is 1. The van der Waals surface area contributed by atoms with Crippen LogP contribution in [0.15, 0.2) is 111 Å². The lowest BCUT2D eigenvalue weighted by molar-refractivity contribution is -0.146. The number of aliphatic hydroxyl groups excluding tert-OH is 1. The SMILES string of the molecule is C=CCNC(=O)C(=O)C(CCC1CC1)NC(=O)[C@@H]1[C@@H]2[C@H](CN1C(=O)[C@@H](NC(=O)[C@@H](NC(=O)c1cnccn1)C1CCCCC1)C1Cc3ccccc3C1)C2(C)C.C=CCNC(=O)C(O)C(CCC1CC1)NC(=O)[C@@H]1[C@@H]2[C@H](CN1C(=O)[C@@H](NC(=O)[C@@H](NC(=O)c1cnccn1)C1CCCCC1)C1Cc3ccccc3C1)C2(C)C. The van der Waals surface area contributed by atoms with E-state index in [0.29, 0.717) is 69.9 Å². The van der Waals surface area contributed by atoms with Crippen molar-refractivity contribution >= 4 is 64.9 Å². The highest BCUT2D eigenvalue weighted by atomic mass is 16.3. The summed E-state index contributed by atoms with van der Waals surface area (Å²) in [5.41, 5.74) is 4.24. The molecule has 2 aromatic heterocycles. The lowest BCUT2D eigenvalue weighted by Crippen LogP contribution is -2.62. The Morgan fingerprint density at radius 3 is 1.30 bits per heavy atom. The number of likely N-dealkylation sites (tertiary alicyclic amines) is 2. The third kappa shape index (κ3) is 18.4. The van der Waals surface area contributed by atoms with Crippen LogP contribution >= 0.6 is 0 Å². The number of aliphatic hydroxyl groups is 1. The third-order valence-electron chi connectivity index (χ3n) is 26.5. The van der Waals surface area contributed by atoms with Gasteiger partial charge in [-0.2, -0.15) is 0 Å². The summed E-state index contributed by atoms with van der Waals surface area (Å²) in [6.07, 6.45) is 27.8. The van der Waals surface area contributed by atoms with E-state index in [1.165, 1.54) is 49.3 Å². The summed E-state index contributed by atoms with van der Waals surface area (Å²) in [6.45, 7) is 16.6. The molecule has 26 nitrogen and oxygen atoms in total. The highest BCUT2D eigenvalue weighted by molar-refractivity contribution is 6.38. The van der Waals surface area contributed by atoms with Gasteiger partial charge in [-0.05, 0) is 169 Å². The van der Waals surface area contributed by atoms with Gasteiger partial charge < -0.3 is 57.4 Å². The second kappa shape index (κ2) is 35.2. The molecule has 112 heavy (non-hydrogen) atoms. The Labute approximate surface area is 656 Å². The Morgan fingerprint density at radius 1 is 0.491 bits per heavy atom. The largest absolute Gasteiger partial charge is 0.381 e. The Hall–Kier alpha value is -9.59. The maximum absolute atomic E-state index is 15.1. The predicted molar refractivity (Wildman–Crippen MR) is 416 cm³/mol. The third-order valence-corrected chi connectivity index (χ3v) is 26.5. The number of hydrogen-bond donors (Lipinski definition) is 9. The molecule has 2 saturated heterocycles. The molecule has 3 unspecified atom stereocenters. The number of rotatable bonds is 32. The minimum atomic E-state index is -1.47. The second-order valence-corrected chi connectivity index (χ2v) is 34.6. The minimum Gasteiger partial charge on any atom is -0.381 e. The standard InChI is InChI=1S/C43H57N7O6.C43H55N7O6/c2*1-4-18-46-41(55)37(51)31(17-16-25-14-15-25)47-40(54)36-33-30(43(33,2)3)24-50(36)42(56)35(29-21-27-12-8-9-13-28(27)22-29)49-39(53)34(26-10-6-5-7-11-26)48-38(52)32-23-44-19-20-45-32/h4,8-9,12-13,19-20,23,25-26,29-31,33-37,51H,1,5-7,10-11,14-18,21-22,24H2,2-3H3,(H,46,55)(H,47,54)(H,48,52)(H,49,53);4,8-9,12-13,19-20,23,25-26,29-31,33-36H,1,5-7,10-11,14-18,21-22,24H2,2-3H3,(H,46,55)(H,47,54)(H,48,52)(H,49,53)/t30-,31?,33-,34-,35-,36-,37?;30-,31?,33-,34-,35-,36-/m00/s1. The van der Waals surface area contributed by atoms with E-state index in [2.05, 4.69) is 103 Å². The quantitative estimate of drug-likeness (QED) is 0.0201. The fourth-order valence-corrected chi connectivity index (χ4v) is 19.5. The molecule has 8 fully saturated rings. The van der Waals surface area contributed by atoms with Crippen LogP contribution in [0.25, 0.3) is 0 Å². The molecule has 6 saturated carbocycles. The van der Waals surface area contributed by atoms with Crippen molar-refractivity contribution in [3.8, 4) is 0 Å². The van der Waals surface area contributed by atoms with Gasteiger partial charge in [0.25, 0.3) is 23.6 Å². The first-order valence-electron chi connectivity index (χ1n) is 41.0. The Kier molecular flexibility index (Phi) is 25.3. The number of carbonyl (C=O) groups is 11. The van der Waals surface area contributed by atoms with E-state index in [1.807, 2.05) is 48.5 Å². The topological polar surface area (TPSA) is 362 Å². The number of aromatic nitrogens is 4. The molecule has 0 radical (unpaired) electrons. The van der Waals surface area contributed by atoms with Gasteiger partial charge in [-0.3, -0.25) is 62.7 Å². The fraction of sp³-hybridized carbons (Fsp3) is 0.593. The lowest BCUT2D eigenvalue weighted by atomic mass is 9.83. The molecule has 13 atom stereocenters. The zero-order valence-electron chi connectivity index (χ0n) is 65.1. The van der Waals surface area contributed by atoms with Crippen molar-refractivity contribution in [2.24, 2.45) is 70.0 Å². The molecule has 10 aliphatic rings. The van der Waals surface area contributed by atoms with Crippen LogP contribution < -0.4 is 42.5 Å². The summed E-state index contributed by atoms with van der Waals surface area (Å²) in [4.78, 5) is 174. The van der Waals surface area contributed by atoms with E-state index in [4.69, 9.17) is 0 Å². The molecule has 598 valence electrons. The van der Waals surface area contributed by atoms with Crippen LogP contribution in [0.5, 0.6) is 0 Å². The molecule has 4 heterocycles. The zero-order chi connectivity index (χ0) is 79.1. The molecule has 14 rings (SSSR count). The van der Waals surface area contributed by atoms with Crippen LogP contribution in [-0.2, 0) is 68.8 Å². The van der Waals surface area contributed by atoms with Gasteiger partial charge in [0.2, 0.25) is 41.2 Å². The summed E-state index contributed by atoms with van der Waals surface area (Å²) in [5.74, 6) is -5.50. The molecule has 0 spiro atoms. The molecule has 9 N–H and O–H groups in total. The van der Waals surface area contributed by atoms with Crippen LogP contribution in [-0.4, -0.2) is 180 Å².